The molecular formula is C23H20ClN3O2. The normalized spacial score (nSPS) is 10.5. The lowest BCUT2D eigenvalue weighted by Crippen LogP contribution is -2.07. The van der Waals surface area contributed by atoms with Crippen molar-refractivity contribution in [1.82, 2.24) is 5.43 Å². The summed E-state index contributed by atoms with van der Waals surface area (Å²) < 4.78 is 11.3. The standard InChI is InChI=1S/C23H20ClN3O2/c1-28-22-9-5-4-7-18(22)14-26-27-15-20-12-21(24)10-11-23(20)29-16-19-8-3-2-6-17(19)13-25/h2-12,15,26H,14,16H2,1H3/b27-15-. The van der Waals surface area contributed by atoms with Crippen LogP contribution in [0.5, 0.6) is 11.5 Å². The lowest BCUT2D eigenvalue weighted by atomic mass is 10.1. The van der Waals surface area contributed by atoms with E-state index < -0.39 is 0 Å². The van der Waals surface area contributed by atoms with E-state index in [0.717, 1.165) is 22.4 Å². The Morgan fingerprint density at radius 3 is 2.59 bits per heavy atom. The number of para-hydroxylation sites is 1. The van der Waals surface area contributed by atoms with Crippen LogP contribution >= 0.6 is 11.6 Å². The largest absolute Gasteiger partial charge is 0.496 e. The predicted octanol–water partition coefficient (Wildman–Crippen LogP) is 4.92. The van der Waals surface area contributed by atoms with Crippen molar-refractivity contribution in [1.29, 1.82) is 5.26 Å². The highest BCUT2D eigenvalue weighted by molar-refractivity contribution is 6.30. The van der Waals surface area contributed by atoms with Crippen LogP contribution in [0.1, 0.15) is 22.3 Å². The van der Waals surface area contributed by atoms with Gasteiger partial charge < -0.3 is 14.9 Å². The number of benzene rings is 3. The molecule has 0 aliphatic carbocycles. The Labute approximate surface area is 175 Å². The van der Waals surface area contributed by atoms with Gasteiger partial charge in [-0.25, -0.2) is 0 Å². The minimum Gasteiger partial charge on any atom is -0.496 e. The average molecular weight is 406 g/mol. The summed E-state index contributed by atoms with van der Waals surface area (Å²) in [5.41, 5.74) is 6.16. The molecule has 6 heteroatoms. The van der Waals surface area contributed by atoms with Crippen LogP contribution in [-0.4, -0.2) is 13.3 Å². The fourth-order valence-corrected chi connectivity index (χ4v) is 2.94. The van der Waals surface area contributed by atoms with Gasteiger partial charge >= 0.3 is 0 Å². The quantitative estimate of drug-likeness (QED) is 0.426. The Kier molecular flexibility index (Phi) is 7.10. The van der Waals surface area contributed by atoms with Gasteiger partial charge in [-0.1, -0.05) is 48.0 Å². The number of halogens is 1. The molecular weight excluding hydrogens is 386 g/mol. The molecule has 5 nitrogen and oxygen atoms in total. The number of nitrogens with zero attached hydrogens (tertiary/aromatic N) is 2. The highest BCUT2D eigenvalue weighted by atomic mass is 35.5. The molecule has 0 amide bonds. The van der Waals surface area contributed by atoms with Gasteiger partial charge in [0.05, 0.1) is 31.5 Å². The molecule has 0 saturated carbocycles. The SMILES string of the molecule is COc1ccccc1CN/N=C\c1cc(Cl)ccc1OCc1ccccc1C#N. The Hall–Kier alpha value is -3.49. The maximum Gasteiger partial charge on any atom is 0.128 e. The zero-order valence-corrected chi connectivity index (χ0v) is 16.7. The Balaban J connectivity index is 1.68. The number of hydrogen-bond acceptors (Lipinski definition) is 5. The summed E-state index contributed by atoms with van der Waals surface area (Å²) in [5, 5.41) is 14.1. The Morgan fingerprint density at radius 1 is 1.03 bits per heavy atom. The molecule has 0 spiro atoms. The molecule has 0 aliphatic rings. The maximum atomic E-state index is 9.22. The number of hydrogen-bond donors (Lipinski definition) is 1. The van der Waals surface area contributed by atoms with Gasteiger partial charge in [0, 0.05) is 21.7 Å². The van der Waals surface area contributed by atoms with Crippen molar-refractivity contribution in [2.24, 2.45) is 5.10 Å². The highest BCUT2D eigenvalue weighted by Gasteiger charge is 2.06. The third-order valence-corrected chi connectivity index (χ3v) is 4.48. The molecule has 0 atom stereocenters. The van der Waals surface area contributed by atoms with E-state index in [1.54, 1.807) is 37.6 Å². The zero-order chi connectivity index (χ0) is 20.5. The van der Waals surface area contributed by atoms with Crippen LogP contribution in [0.25, 0.3) is 0 Å². The van der Waals surface area contributed by atoms with E-state index in [1.165, 1.54) is 0 Å². The lowest BCUT2D eigenvalue weighted by molar-refractivity contribution is 0.305. The number of methoxy groups -OCH3 is 1. The first kappa shape index (κ1) is 20.2. The molecule has 3 aromatic rings. The van der Waals surface area contributed by atoms with Crippen LogP contribution in [0.4, 0.5) is 0 Å². The lowest BCUT2D eigenvalue weighted by Gasteiger charge is -2.11. The summed E-state index contributed by atoms with van der Waals surface area (Å²) in [6, 6.07) is 22.6. The van der Waals surface area contributed by atoms with Gasteiger partial charge in [-0.2, -0.15) is 10.4 Å². The Morgan fingerprint density at radius 2 is 1.79 bits per heavy atom. The van der Waals surface area contributed by atoms with Crippen molar-refractivity contribution in [3.05, 3.63) is 94.0 Å². The minimum absolute atomic E-state index is 0.279. The van der Waals surface area contributed by atoms with Gasteiger partial charge in [0.2, 0.25) is 0 Å². The van der Waals surface area contributed by atoms with Crippen molar-refractivity contribution >= 4 is 17.8 Å². The molecule has 146 valence electrons. The summed E-state index contributed by atoms with van der Waals surface area (Å²) in [6.07, 6.45) is 1.66. The number of nitrogens with one attached hydrogen (secondary N) is 1. The fourth-order valence-electron chi connectivity index (χ4n) is 2.76. The van der Waals surface area contributed by atoms with E-state index in [9.17, 15) is 5.26 Å². The van der Waals surface area contributed by atoms with Crippen LogP contribution in [-0.2, 0) is 13.2 Å². The first-order valence-electron chi connectivity index (χ1n) is 8.99. The van der Waals surface area contributed by atoms with E-state index in [2.05, 4.69) is 16.6 Å². The summed E-state index contributed by atoms with van der Waals surface area (Å²) in [7, 11) is 1.64. The molecule has 0 aliphatic heterocycles. The summed E-state index contributed by atoms with van der Waals surface area (Å²) in [6.45, 7) is 0.799. The second kappa shape index (κ2) is 10.2. The van der Waals surface area contributed by atoms with Crippen LogP contribution in [0.2, 0.25) is 5.02 Å². The van der Waals surface area contributed by atoms with E-state index in [1.807, 2.05) is 42.5 Å². The molecule has 0 radical (unpaired) electrons. The molecule has 0 fully saturated rings. The van der Waals surface area contributed by atoms with Gasteiger partial charge in [-0.3, -0.25) is 0 Å². The van der Waals surface area contributed by atoms with E-state index in [4.69, 9.17) is 21.1 Å². The van der Waals surface area contributed by atoms with Crippen LogP contribution in [0.15, 0.2) is 71.8 Å². The van der Waals surface area contributed by atoms with Crippen molar-refractivity contribution in [2.75, 3.05) is 7.11 Å². The molecule has 0 aromatic heterocycles. The number of nitriles is 1. The molecule has 3 aromatic carbocycles. The van der Waals surface area contributed by atoms with E-state index in [0.29, 0.717) is 22.9 Å². The third kappa shape index (κ3) is 5.50. The number of rotatable bonds is 8. The smallest absolute Gasteiger partial charge is 0.128 e. The molecule has 0 heterocycles. The average Bonchev–Trinajstić information content (AvgIpc) is 2.76. The second-order valence-corrected chi connectivity index (χ2v) is 6.58. The molecule has 1 N–H and O–H groups in total. The molecule has 3 rings (SSSR count). The van der Waals surface area contributed by atoms with Crippen molar-refractivity contribution < 1.29 is 9.47 Å². The Bertz CT molecular complexity index is 1040. The second-order valence-electron chi connectivity index (χ2n) is 6.14. The van der Waals surface area contributed by atoms with Crippen LogP contribution in [0.3, 0.4) is 0 Å². The van der Waals surface area contributed by atoms with Gasteiger partial charge in [0.15, 0.2) is 0 Å². The zero-order valence-electron chi connectivity index (χ0n) is 15.9. The molecule has 0 unspecified atom stereocenters. The third-order valence-electron chi connectivity index (χ3n) is 4.25. The van der Waals surface area contributed by atoms with Crippen LogP contribution in [0, 0.1) is 11.3 Å². The van der Waals surface area contributed by atoms with Crippen LogP contribution < -0.4 is 14.9 Å². The first-order chi connectivity index (χ1) is 14.2. The van der Waals surface area contributed by atoms with Crippen molar-refractivity contribution in [3.63, 3.8) is 0 Å². The maximum absolute atomic E-state index is 9.22. The monoisotopic (exact) mass is 405 g/mol. The number of hydrazone groups is 1. The predicted molar refractivity (Wildman–Crippen MR) is 114 cm³/mol. The highest BCUT2D eigenvalue weighted by Crippen LogP contribution is 2.23. The number of ether oxygens (including phenoxy) is 2. The van der Waals surface area contributed by atoms with Crippen molar-refractivity contribution in [2.45, 2.75) is 13.2 Å². The van der Waals surface area contributed by atoms with Crippen molar-refractivity contribution in [3.8, 4) is 17.6 Å². The first-order valence-corrected chi connectivity index (χ1v) is 9.37. The topological polar surface area (TPSA) is 66.6 Å². The van der Waals surface area contributed by atoms with E-state index in [-0.39, 0.29) is 6.61 Å². The van der Waals surface area contributed by atoms with E-state index >= 15 is 0 Å². The fraction of sp³-hybridized carbons (Fsp3) is 0.130. The van der Waals surface area contributed by atoms with Gasteiger partial charge in [0.25, 0.3) is 0 Å². The summed E-state index contributed by atoms with van der Waals surface area (Å²) in [5.74, 6) is 1.43. The van der Waals surface area contributed by atoms with Gasteiger partial charge in [0.1, 0.15) is 18.1 Å². The molecule has 0 bridgehead atoms. The summed E-state index contributed by atoms with van der Waals surface area (Å²) >= 11 is 6.13. The molecule has 29 heavy (non-hydrogen) atoms. The molecule has 0 saturated heterocycles. The van der Waals surface area contributed by atoms with Gasteiger partial charge in [-0.15, -0.1) is 0 Å². The minimum atomic E-state index is 0.279. The van der Waals surface area contributed by atoms with Gasteiger partial charge in [-0.05, 0) is 30.3 Å². The summed E-state index contributed by atoms with van der Waals surface area (Å²) in [4.78, 5) is 0.